The summed E-state index contributed by atoms with van der Waals surface area (Å²) in [5.41, 5.74) is 1.25. The molecule has 2 rings (SSSR count). The Bertz CT molecular complexity index is 897. The first-order valence-electron chi connectivity index (χ1n) is 7.22. The molecule has 0 saturated heterocycles. The number of hydrogen-bond acceptors (Lipinski definition) is 5. The number of nitriles is 1. The van der Waals surface area contributed by atoms with Gasteiger partial charge < -0.3 is 20.8 Å². The average Bonchev–Trinajstić information content (AvgIpc) is 2.57. The van der Waals surface area contributed by atoms with E-state index in [0.29, 0.717) is 5.69 Å². The molecule has 2 aromatic rings. The van der Waals surface area contributed by atoms with Gasteiger partial charge in [-0.25, -0.2) is 4.79 Å². The second-order valence-electron chi connectivity index (χ2n) is 5.17. The van der Waals surface area contributed by atoms with Crippen molar-refractivity contribution in [2.24, 2.45) is 0 Å². The van der Waals surface area contributed by atoms with Gasteiger partial charge in [-0.1, -0.05) is 12.1 Å². The number of phenolic OH excluding ortho intramolecular Hbond substituents is 1. The first kappa shape index (κ1) is 17.6. The van der Waals surface area contributed by atoms with Crippen LogP contribution in [0.2, 0.25) is 0 Å². The van der Waals surface area contributed by atoms with Crippen LogP contribution in [0.25, 0.3) is 0 Å². The van der Waals surface area contributed by atoms with E-state index in [1.165, 1.54) is 30.5 Å². The summed E-state index contributed by atoms with van der Waals surface area (Å²) < 4.78 is 0. The Balaban J connectivity index is 2.14. The quantitative estimate of drug-likeness (QED) is 0.378. The summed E-state index contributed by atoms with van der Waals surface area (Å²) in [6, 6.07) is 12.3. The highest BCUT2D eigenvalue weighted by Crippen LogP contribution is 2.24. The molecule has 0 aliphatic carbocycles. The van der Waals surface area contributed by atoms with Gasteiger partial charge in [0.1, 0.15) is 17.4 Å². The van der Waals surface area contributed by atoms with Gasteiger partial charge >= 0.3 is 5.97 Å². The molecule has 0 heterocycles. The fraction of sp³-hybridized carbons (Fsp3) is 0.0556. The van der Waals surface area contributed by atoms with Gasteiger partial charge in [0.25, 0.3) is 5.91 Å². The van der Waals surface area contributed by atoms with Gasteiger partial charge in [0.2, 0.25) is 0 Å². The Morgan fingerprint density at radius 3 is 2.60 bits per heavy atom. The lowest BCUT2D eigenvalue weighted by Gasteiger charge is -2.07. The first-order chi connectivity index (χ1) is 11.9. The van der Waals surface area contributed by atoms with Gasteiger partial charge in [-0.05, 0) is 42.8 Å². The number of carboxylic acids is 1. The van der Waals surface area contributed by atoms with E-state index in [0.717, 1.165) is 5.56 Å². The molecule has 1 amide bonds. The van der Waals surface area contributed by atoms with Crippen LogP contribution in [0.4, 0.5) is 11.4 Å². The second-order valence-corrected chi connectivity index (χ2v) is 5.17. The average molecular weight is 337 g/mol. The minimum atomic E-state index is -1.12. The summed E-state index contributed by atoms with van der Waals surface area (Å²) in [6.07, 6.45) is 1.17. The lowest BCUT2D eigenvalue weighted by atomic mass is 10.2. The molecule has 0 spiro atoms. The number of aromatic hydroxyl groups is 1. The van der Waals surface area contributed by atoms with Crippen molar-refractivity contribution in [3.8, 4) is 11.8 Å². The van der Waals surface area contributed by atoms with Gasteiger partial charge in [0, 0.05) is 11.9 Å². The fourth-order valence-electron chi connectivity index (χ4n) is 1.99. The predicted octanol–water partition coefficient (Wildman–Crippen LogP) is 2.86. The zero-order valence-corrected chi connectivity index (χ0v) is 13.3. The lowest BCUT2D eigenvalue weighted by Crippen LogP contribution is -2.15. The summed E-state index contributed by atoms with van der Waals surface area (Å²) in [5, 5.41) is 33.0. The summed E-state index contributed by atoms with van der Waals surface area (Å²) in [7, 11) is 0. The topological polar surface area (TPSA) is 122 Å². The zero-order valence-electron chi connectivity index (χ0n) is 13.3. The van der Waals surface area contributed by atoms with Crippen molar-refractivity contribution in [3.63, 3.8) is 0 Å². The van der Waals surface area contributed by atoms with Crippen molar-refractivity contribution in [1.29, 1.82) is 5.26 Å². The van der Waals surface area contributed by atoms with Crippen LogP contribution < -0.4 is 10.6 Å². The number of aryl methyl sites for hydroxylation is 1. The van der Waals surface area contributed by atoms with Crippen LogP contribution in [0.5, 0.6) is 5.75 Å². The monoisotopic (exact) mass is 337 g/mol. The van der Waals surface area contributed by atoms with E-state index in [-0.39, 0.29) is 22.6 Å². The molecule has 0 aliphatic rings. The lowest BCUT2D eigenvalue weighted by molar-refractivity contribution is -0.112. The molecule has 4 N–H and O–H groups in total. The van der Waals surface area contributed by atoms with Crippen molar-refractivity contribution >= 4 is 23.3 Å². The van der Waals surface area contributed by atoms with Crippen molar-refractivity contribution in [2.75, 3.05) is 10.6 Å². The molecule has 7 heteroatoms. The highest BCUT2D eigenvalue weighted by molar-refractivity contribution is 6.07. The maximum atomic E-state index is 12.1. The van der Waals surface area contributed by atoms with Gasteiger partial charge in [-0.2, -0.15) is 5.26 Å². The summed E-state index contributed by atoms with van der Waals surface area (Å²) in [6.45, 7) is 1.82. The van der Waals surface area contributed by atoms with Crippen LogP contribution in [0, 0.1) is 18.3 Å². The van der Waals surface area contributed by atoms with Crippen LogP contribution in [0.1, 0.15) is 15.9 Å². The highest BCUT2D eigenvalue weighted by atomic mass is 16.4. The van der Waals surface area contributed by atoms with Crippen LogP contribution in [0.3, 0.4) is 0 Å². The molecule has 0 fully saturated rings. The number of carbonyl (C=O) groups excluding carboxylic acids is 1. The molecule has 0 bridgehead atoms. The van der Waals surface area contributed by atoms with E-state index in [1.54, 1.807) is 24.3 Å². The number of benzene rings is 2. The Hall–Kier alpha value is -3.79. The zero-order chi connectivity index (χ0) is 18.4. The molecule has 126 valence electrons. The van der Waals surface area contributed by atoms with Crippen molar-refractivity contribution < 1.29 is 19.8 Å². The molecule has 2 aromatic carbocycles. The van der Waals surface area contributed by atoms with Crippen LogP contribution >= 0.6 is 0 Å². The largest absolute Gasteiger partial charge is 0.506 e. The Morgan fingerprint density at radius 2 is 1.96 bits per heavy atom. The third-order valence-corrected chi connectivity index (χ3v) is 3.26. The van der Waals surface area contributed by atoms with E-state index in [2.05, 4.69) is 10.6 Å². The molecule has 7 nitrogen and oxygen atoms in total. The molecule has 0 aliphatic heterocycles. The van der Waals surface area contributed by atoms with Crippen molar-refractivity contribution in [1.82, 2.24) is 0 Å². The minimum absolute atomic E-state index is 0.0110. The first-order valence-corrected chi connectivity index (χ1v) is 7.22. The number of aromatic carboxylic acids is 1. The molecule has 0 atom stereocenters. The summed E-state index contributed by atoms with van der Waals surface area (Å²) in [4.78, 5) is 23.1. The van der Waals surface area contributed by atoms with Gasteiger partial charge in [-0.15, -0.1) is 0 Å². The number of hydrogen-bond donors (Lipinski definition) is 4. The molecule has 0 aromatic heterocycles. The fourth-order valence-corrected chi connectivity index (χ4v) is 1.99. The van der Waals surface area contributed by atoms with E-state index < -0.39 is 11.9 Å². The summed E-state index contributed by atoms with van der Waals surface area (Å²) >= 11 is 0. The van der Waals surface area contributed by atoms with Crippen LogP contribution in [0.15, 0.2) is 54.2 Å². The number of nitrogens with zero attached hydrogens (tertiary/aromatic N) is 1. The standard InChI is InChI=1S/C18H15N3O4/c1-11-5-6-15(16(22)7-11)20-10-13(9-19)17(23)21-14-4-2-3-12(8-14)18(24)25/h2-8,10,20,22H,1H3,(H,21,23)(H,24,25)/b13-10-. The predicted molar refractivity (Wildman–Crippen MR) is 92.2 cm³/mol. The van der Waals surface area contributed by atoms with Gasteiger partial charge in [0.05, 0.1) is 11.3 Å². The Labute approximate surface area is 143 Å². The molecular weight excluding hydrogens is 322 g/mol. The normalized spacial score (nSPS) is 10.6. The van der Waals surface area contributed by atoms with E-state index >= 15 is 0 Å². The van der Waals surface area contributed by atoms with Crippen LogP contribution in [-0.2, 0) is 4.79 Å². The molecule has 25 heavy (non-hydrogen) atoms. The number of amides is 1. The Kier molecular flexibility index (Phi) is 5.38. The molecule has 0 unspecified atom stereocenters. The molecule has 0 radical (unpaired) electrons. The number of rotatable bonds is 5. The third kappa shape index (κ3) is 4.59. The number of phenols is 1. The molecular formula is C18H15N3O4. The maximum absolute atomic E-state index is 12.1. The number of carbonyl (C=O) groups is 2. The molecule has 0 saturated carbocycles. The second kappa shape index (κ2) is 7.66. The van der Waals surface area contributed by atoms with Crippen molar-refractivity contribution in [2.45, 2.75) is 6.92 Å². The van der Waals surface area contributed by atoms with Gasteiger partial charge in [-0.3, -0.25) is 4.79 Å². The maximum Gasteiger partial charge on any atom is 0.335 e. The SMILES string of the molecule is Cc1ccc(N/C=C(/C#N)C(=O)Nc2cccc(C(=O)O)c2)c(O)c1. The van der Waals surface area contributed by atoms with Crippen molar-refractivity contribution in [3.05, 3.63) is 65.4 Å². The van der Waals surface area contributed by atoms with Crippen LogP contribution in [-0.4, -0.2) is 22.1 Å². The third-order valence-electron chi connectivity index (χ3n) is 3.26. The number of carboxylic acid groups (broad SMARTS) is 1. The number of nitrogens with one attached hydrogen (secondary N) is 2. The van der Waals surface area contributed by atoms with E-state index in [4.69, 9.17) is 10.4 Å². The highest BCUT2D eigenvalue weighted by Gasteiger charge is 2.11. The smallest absolute Gasteiger partial charge is 0.335 e. The van der Waals surface area contributed by atoms with E-state index in [1.807, 2.05) is 6.92 Å². The van der Waals surface area contributed by atoms with E-state index in [9.17, 15) is 14.7 Å². The Morgan fingerprint density at radius 1 is 1.20 bits per heavy atom. The number of anilines is 2. The van der Waals surface area contributed by atoms with Gasteiger partial charge in [0.15, 0.2) is 0 Å². The summed E-state index contributed by atoms with van der Waals surface area (Å²) in [5.74, 6) is -1.84. The minimum Gasteiger partial charge on any atom is -0.506 e.